The largest absolute Gasteiger partial charge is 0.467 e. The third-order valence-electron chi connectivity index (χ3n) is 7.40. The number of carbonyl (C=O) groups excluding carboxylic acids is 3. The number of amides is 2. The van der Waals surface area contributed by atoms with E-state index in [0.29, 0.717) is 58.4 Å². The van der Waals surface area contributed by atoms with Gasteiger partial charge < -0.3 is 33.9 Å². The lowest BCUT2D eigenvalue weighted by Crippen LogP contribution is -2.48. The number of hydrogen-bond acceptors (Lipinski definition) is 9. The van der Waals surface area contributed by atoms with Crippen LogP contribution in [0.1, 0.15) is 33.1 Å². The monoisotopic (exact) mass is 626 g/mol. The Morgan fingerprint density at radius 3 is 2.49 bits per heavy atom. The third-order valence-corrected chi connectivity index (χ3v) is 8.18. The second-order valence-corrected chi connectivity index (χ2v) is 10.6. The van der Waals surface area contributed by atoms with E-state index in [4.69, 9.17) is 14.2 Å². The summed E-state index contributed by atoms with van der Waals surface area (Å²) in [5.74, 6) is -0.694. The zero-order chi connectivity index (χ0) is 29.3. The fourth-order valence-electron chi connectivity index (χ4n) is 5.22. The summed E-state index contributed by atoms with van der Waals surface area (Å²) >= 11 is 3.59. The second kappa shape index (κ2) is 11.9. The molecule has 1 N–H and O–H groups in total. The van der Waals surface area contributed by atoms with Crippen LogP contribution in [0, 0.1) is 6.92 Å². The van der Waals surface area contributed by atoms with Gasteiger partial charge in [-0.3, -0.25) is 4.79 Å². The number of anilines is 1. The molecule has 1 atom stereocenters. The number of carbonyl (C=O) groups is 3. The van der Waals surface area contributed by atoms with Crippen molar-refractivity contribution in [2.75, 3.05) is 64.2 Å². The summed E-state index contributed by atoms with van der Waals surface area (Å²) in [6, 6.07) is 1.93. The first-order chi connectivity index (χ1) is 19.7. The van der Waals surface area contributed by atoms with Crippen LogP contribution in [-0.2, 0) is 9.53 Å². The standard InChI is InChI=1S/C28H31BrN6O6/c1-16-22(26(37)39-3)24-23-18(12-29)15-35(21(36)6-5-17-13-30-27(40-4)31-14-17)19(23)11-20(25(24)32-16)41-28(38)34-9-7-33(2)8-10-34/h5-6,11,13-14,18,32H,7-10,12,15H2,1-4H3/b6-5+/t18-/m1/s1. The molecule has 4 heterocycles. The number of aromatic nitrogens is 3. The fourth-order valence-corrected chi connectivity index (χ4v) is 5.75. The van der Waals surface area contributed by atoms with Crippen molar-refractivity contribution in [2.24, 2.45) is 0 Å². The van der Waals surface area contributed by atoms with Crippen LogP contribution in [0.4, 0.5) is 10.5 Å². The minimum Gasteiger partial charge on any atom is -0.467 e. The Balaban J connectivity index is 1.57. The number of aromatic amines is 1. The number of methoxy groups -OCH3 is 2. The highest BCUT2D eigenvalue weighted by atomic mass is 79.9. The van der Waals surface area contributed by atoms with E-state index in [1.54, 1.807) is 41.3 Å². The molecule has 0 bridgehead atoms. The molecular weight excluding hydrogens is 596 g/mol. The van der Waals surface area contributed by atoms with Gasteiger partial charge in [0.15, 0.2) is 5.75 Å². The first-order valence-electron chi connectivity index (χ1n) is 13.1. The van der Waals surface area contributed by atoms with Crippen LogP contribution in [0.25, 0.3) is 17.0 Å². The molecule has 1 aromatic carbocycles. The lowest BCUT2D eigenvalue weighted by atomic mass is 9.95. The number of rotatable bonds is 6. The number of fused-ring (bicyclic) bond motifs is 3. The fraction of sp³-hybridized carbons (Fsp3) is 0.393. The van der Waals surface area contributed by atoms with Gasteiger partial charge >= 0.3 is 18.1 Å². The zero-order valence-electron chi connectivity index (χ0n) is 23.3. The molecule has 41 heavy (non-hydrogen) atoms. The van der Waals surface area contributed by atoms with E-state index in [2.05, 4.69) is 35.8 Å². The molecule has 13 heteroatoms. The number of ether oxygens (including phenoxy) is 3. The molecule has 0 aliphatic carbocycles. The number of likely N-dealkylation sites (N-methyl/N-ethyl adjacent to an activating group) is 1. The third kappa shape index (κ3) is 5.51. The van der Waals surface area contributed by atoms with Crippen molar-refractivity contribution in [3.8, 4) is 11.8 Å². The number of piperazine rings is 1. The van der Waals surface area contributed by atoms with Gasteiger partial charge in [-0.05, 0) is 25.6 Å². The predicted octanol–water partition coefficient (Wildman–Crippen LogP) is 3.35. The molecule has 5 rings (SSSR count). The first-order valence-corrected chi connectivity index (χ1v) is 14.2. The van der Waals surface area contributed by atoms with E-state index >= 15 is 0 Å². The maximum absolute atomic E-state index is 13.5. The molecule has 1 saturated heterocycles. The number of H-pyrrole nitrogens is 1. The molecular formula is C28H31BrN6O6. The normalized spacial score (nSPS) is 17.2. The molecule has 0 radical (unpaired) electrons. The Hall–Kier alpha value is -3.97. The van der Waals surface area contributed by atoms with Crippen molar-refractivity contribution in [3.05, 3.63) is 46.9 Å². The molecule has 2 aromatic heterocycles. The molecule has 2 amide bonds. The van der Waals surface area contributed by atoms with Crippen LogP contribution < -0.4 is 14.4 Å². The average molecular weight is 627 g/mol. The van der Waals surface area contributed by atoms with E-state index in [9.17, 15) is 14.4 Å². The summed E-state index contributed by atoms with van der Waals surface area (Å²) in [4.78, 5) is 56.5. The predicted molar refractivity (Wildman–Crippen MR) is 156 cm³/mol. The Morgan fingerprint density at radius 2 is 1.85 bits per heavy atom. The summed E-state index contributed by atoms with van der Waals surface area (Å²) in [5.41, 5.74) is 3.43. The Labute approximate surface area is 245 Å². The minimum atomic E-state index is -0.518. The number of nitrogens with zero attached hydrogens (tertiary/aromatic N) is 5. The Bertz CT molecular complexity index is 1510. The molecule has 3 aromatic rings. The molecule has 0 saturated carbocycles. The Morgan fingerprint density at radius 1 is 1.15 bits per heavy atom. The molecule has 2 aliphatic heterocycles. The summed E-state index contributed by atoms with van der Waals surface area (Å²) in [7, 11) is 4.80. The van der Waals surface area contributed by atoms with Gasteiger partial charge in [0.1, 0.15) is 0 Å². The van der Waals surface area contributed by atoms with E-state index in [-0.39, 0.29) is 23.6 Å². The van der Waals surface area contributed by atoms with E-state index in [1.807, 2.05) is 7.05 Å². The van der Waals surface area contributed by atoms with Gasteiger partial charge in [-0.25, -0.2) is 19.6 Å². The van der Waals surface area contributed by atoms with Gasteiger partial charge in [0.2, 0.25) is 0 Å². The van der Waals surface area contributed by atoms with Gasteiger partial charge in [-0.1, -0.05) is 15.9 Å². The summed E-state index contributed by atoms with van der Waals surface area (Å²) in [6.45, 7) is 4.69. The van der Waals surface area contributed by atoms with Crippen LogP contribution in [-0.4, -0.2) is 102 Å². The first kappa shape index (κ1) is 28.6. The zero-order valence-corrected chi connectivity index (χ0v) is 24.9. The molecule has 1 fully saturated rings. The maximum Gasteiger partial charge on any atom is 0.415 e. The number of nitrogens with one attached hydrogen (secondary N) is 1. The van der Waals surface area contributed by atoms with Crippen LogP contribution in [0.15, 0.2) is 24.5 Å². The SMILES string of the molecule is COC(=O)c1c(C)[nH]c2c(OC(=O)N3CCN(C)CC3)cc3c(c12)[C@H](CBr)CN3C(=O)/C=C/c1cnc(OC)nc1. The highest BCUT2D eigenvalue weighted by Gasteiger charge is 2.37. The van der Waals surface area contributed by atoms with Gasteiger partial charge in [-0.2, -0.15) is 0 Å². The highest BCUT2D eigenvalue weighted by Crippen LogP contribution is 2.47. The van der Waals surface area contributed by atoms with Crippen LogP contribution in [0.2, 0.25) is 0 Å². The molecule has 2 aliphatic rings. The van der Waals surface area contributed by atoms with E-state index < -0.39 is 12.1 Å². The summed E-state index contributed by atoms with van der Waals surface area (Å²) in [5, 5.41) is 1.13. The quantitative estimate of drug-likeness (QED) is 0.249. The molecule has 0 spiro atoms. The lowest BCUT2D eigenvalue weighted by Gasteiger charge is -2.31. The second-order valence-electron chi connectivity index (χ2n) is 9.97. The van der Waals surface area contributed by atoms with Crippen molar-refractivity contribution in [1.82, 2.24) is 24.8 Å². The summed E-state index contributed by atoms with van der Waals surface area (Å²) in [6.07, 6.45) is 5.68. The molecule has 12 nitrogen and oxygen atoms in total. The van der Waals surface area contributed by atoms with Crippen molar-refractivity contribution >= 4 is 56.6 Å². The maximum atomic E-state index is 13.5. The topological polar surface area (TPSA) is 130 Å². The van der Waals surface area contributed by atoms with Crippen LogP contribution in [0.5, 0.6) is 11.8 Å². The Kier molecular flexibility index (Phi) is 8.27. The number of alkyl halides is 1. The van der Waals surface area contributed by atoms with Crippen molar-refractivity contribution in [1.29, 1.82) is 0 Å². The summed E-state index contributed by atoms with van der Waals surface area (Å²) < 4.78 is 16.0. The molecule has 216 valence electrons. The van der Waals surface area contributed by atoms with Gasteiger partial charge in [0, 0.05) is 85.2 Å². The smallest absolute Gasteiger partial charge is 0.415 e. The van der Waals surface area contributed by atoms with Crippen LogP contribution >= 0.6 is 15.9 Å². The lowest BCUT2D eigenvalue weighted by molar-refractivity contribution is -0.114. The van der Waals surface area contributed by atoms with Gasteiger partial charge in [0.05, 0.1) is 31.0 Å². The van der Waals surface area contributed by atoms with Gasteiger partial charge in [-0.15, -0.1) is 0 Å². The van der Waals surface area contributed by atoms with Crippen molar-refractivity contribution in [3.63, 3.8) is 0 Å². The number of benzene rings is 1. The van der Waals surface area contributed by atoms with Gasteiger partial charge in [0.25, 0.3) is 5.91 Å². The van der Waals surface area contributed by atoms with E-state index in [0.717, 1.165) is 18.7 Å². The number of hydrogen-bond donors (Lipinski definition) is 1. The average Bonchev–Trinajstić information content (AvgIpc) is 3.53. The number of aryl methyl sites for hydroxylation is 1. The number of esters is 1. The van der Waals surface area contributed by atoms with Crippen molar-refractivity contribution in [2.45, 2.75) is 12.8 Å². The number of halogens is 1. The van der Waals surface area contributed by atoms with Crippen molar-refractivity contribution < 1.29 is 28.6 Å². The minimum absolute atomic E-state index is 0.129. The highest BCUT2D eigenvalue weighted by molar-refractivity contribution is 9.09. The van der Waals surface area contributed by atoms with Crippen LogP contribution in [0.3, 0.4) is 0 Å². The molecule has 0 unspecified atom stereocenters. The van der Waals surface area contributed by atoms with E-state index in [1.165, 1.54) is 20.3 Å².